The molecule has 0 aliphatic carbocycles. The van der Waals surface area contributed by atoms with Gasteiger partial charge in [-0.05, 0) is 20.5 Å². The summed E-state index contributed by atoms with van der Waals surface area (Å²) in [5.74, 6) is 1.74. The molecule has 0 aliphatic heterocycles. The van der Waals surface area contributed by atoms with E-state index < -0.39 is 10.8 Å². The van der Waals surface area contributed by atoms with Crippen LogP contribution in [0.5, 0.6) is 0 Å². The van der Waals surface area contributed by atoms with Crippen LogP contribution in [-0.4, -0.2) is 41.3 Å². The maximum absolute atomic E-state index is 11.7. The maximum Gasteiger partial charge on any atom is 0.0362 e. The molecule has 0 aromatic carbocycles. The average Bonchev–Trinajstić information content (AvgIpc) is 2.38. The fourth-order valence-corrected chi connectivity index (χ4v) is 3.44. The molecule has 1 atom stereocenters. The molecule has 0 saturated carbocycles. The van der Waals surface area contributed by atoms with Gasteiger partial charge < -0.3 is 4.90 Å². The first-order valence-corrected chi connectivity index (χ1v) is 9.65. The number of rotatable bonds is 14. The number of hydrogen-bond acceptors (Lipinski definition) is 2. The molecule has 0 heterocycles. The summed E-state index contributed by atoms with van der Waals surface area (Å²) in [6, 6.07) is 0. The fourth-order valence-electron chi connectivity index (χ4n) is 2.14. The molecule has 0 radical (unpaired) electrons. The van der Waals surface area contributed by atoms with E-state index in [1.165, 1.54) is 57.8 Å². The molecule has 0 rings (SSSR count). The van der Waals surface area contributed by atoms with Gasteiger partial charge in [-0.15, -0.1) is 0 Å². The Labute approximate surface area is 123 Å². The summed E-state index contributed by atoms with van der Waals surface area (Å²) in [5.41, 5.74) is 0. The molecule has 0 saturated heterocycles. The van der Waals surface area contributed by atoms with Gasteiger partial charge in [0.25, 0.3) is 0 Å². The van der Waals surface area contributed by atoms with Crippen LogP contribution in [-0.2, 0) is 10.8 Å². The normalized spacial score (nSPS) is 13.1. The van der Waals surface area contributed by atoms with Crippen LogP contribution >= 0.6 is 0 Å². The summed E-state index contributed by atoms with van der Waals surface area (Å²) in [7, 11) is 3.48. The van der Waals surface area contributed by atoms with Gasteiger partial charge in [-0.25, -0.2) is 0 Å². The van der Waals surface area contributed by atoms with Gasteiger partial charge in [-0.3, -0.25) is 4.21 Å². The van der Waals surface area contributed by atoms with Crippen molar-refractivity contribution in [2.75, 3.05) is 32.1 Å². The minimum atomic E-state index is -0.595. The summed E-state index contributed by atoms with van der Waals surface area (Å²) in [5, 5.41) is 0. The van der Waals surface area contributed by atoms with Crippen molar-refractivity contribution in [1.82, 2.24) is 4.90 Å². The van der Waals surface area contributed by atoms with Crippen LogP contribution in [0, 0.1) is 0 Å². The molecule has 2 nitrogen and oxygen atoms in total. The monoisotopic (exact) mass is 289 g/mol. The van der Waals surface area contributed by atoms with E-state index in [9.17, 15) is 4.21 Å². The minimum absolute atomic E-state index is 0.595. The first-order chi connectivity index (χ1) is 9.16. The molecule has 0 aliphatic rings. The molecule has 0 bridgehead atoms. The lowest BCUT2D eigenvalue weighted by Crippen LogP contribution is -2.20. The lowest BCUT2D eigenvalue weighted by molar-refractivity contribution is 0.435. The zero-order valence-electron chi connectivity index (χ0n) is 13.5. The summed E-state index contributed by atoms with van der Waals surface area (Å²) >= 11 is 0. The Morgan fingerprint density at radius 3 is 1.68 bits per heavy atom. The Morgan fingerprint density at radius 2 is 1.21 bits per heavy atom. The number of hydrogen-bond donors (Lipinski definition) is 0. The van der Waals surface area contributed by atoms with Crippen molar-refractivity contribution in [3.05, 3.63) is 0 Å². The fraction of sp³-hybridized carbons (Fsp3) is 1.00. The highest BCUT2D eigenvalue weighted by atomic mass is 32.2. The number of nitrogens with zero attached hydrogens (tertiary/aromatic N) is 1. The highest BCUT2D eigenvalue weighted by Gasteiger charge is 2.00. The van der Waals surface area contributed by atoms with Crippen LogP contribution in [0.2, 0.25) is 0 Å². The first kappa shape index (κ1) is 19.1. The molecule has 0 aromatic heterocycles. The minimum Gasteiger partial charge on any atom is -0.308 e. The van der Waals surface area contributed by atoms with E-state index in [1.807, 2.05) is 14.1 Å². The SMILES string of the molecule is CCCCCCCCCCCCS(=O)CCN(C)C. The Balaban J connectivity index is 3.11. The second-order valence-electron chi connectivity index (χ2n) is 5.83. The van der Waals surface area contributed by atoms with Crippen LogP contribution in [0.3, 0.4) is 0 Å². The molecule has 19 heavy (non-hydrogen) atoms. The molecule has 0 aromatic rings. The lowest BCUT2D eigenvalue weighted by atomic mass is 10.1. The summed E-state index contributed by atoms with van der Waals surface area (Å²) in [4.78, 5) is 2.11. The van der Waals surface area contributed by atoms with Gasteiger partial charge in [0.15, 0.2) is 0 Å². The van der Waals surface area contributed by atoms with Gasteiger partial charge in [-0.1, -0.05) is 64.7 Å². The Morgan fingerprint density at radius 1 is 0.737 bits per heavy atom. The first-order valence-electron chi connectivity index (χ1n) is 8.16. The molecular weight excluding hydrogens is 254 g/mol. The molecule has 3 heteroatoms. The second kappa shape index (κ2) is 14.5. The van der Waals surface area contributed by atoms with E-state index in [2.05, 4.69) is 11.8 Å². The van der Waals surface area contributed by atoms with Gasteiger partial charge >= 0.3 is 0 Å². The molecule has 0 N–H and O–H groups in total. The largest absolute Gasteiger partial charge is 0.308 e. The second-order valence-corrected chi connectivity index (χ2v) is 7.53. The van der Waals surface area contributed by atoms with Crippen molar-refractivity contribution in [3.8, 4) is 0 Å². The van der Waals surface area contributed by atoms with Crippen molar-refractivity contribution in [3.63, 3.8) is 0 Å². The Hall–Kier alpha value is 0.110. The highest BCUT2D eigenvalue weighted by Crippen LogP contribution is 2.10. The van der Waals surface area contributed by atoms with E-state index in [-0.39, 0.29) is 0 Å². The smallest absolute Gasteiger partial charge is 0.0362 e. The zero-order valence-corrected chi connectivity index (χ0v) is 14.3. The van der Waals surface area contributed by atoms with Crippen molar-refractivity contribution in [2.45, 2.75) is 71.1 Å². The van der Waals surface area contributed by atoms with E-state index >= 15 is 0 Å². The van der Waals surface area contributed by atoms with Gasteiger partial charge in [0.1, 0.15) is 0 Å². The quantitative estimate of drug-likeness (QED) is 0.446. The van der Waals surface area contributed by atoms with Crippen LogP contribution < -0.4 is 0 Å². The molecular formula is C16H35NOS. The topological polar surface area (TPSA) is 20.3 Å². The van der Waals surface area contributed by atoms with Crippen LogP contribution in [0.4, 0.5) is 0 Å². The third-order valence-corrected chi connectivity index (χ3v) is 4.87. The van der Waals surface area contributed by atoms with Crippen LogP contribution in [0.25, 0.3) is 0 Å². The van der Waals surface area contributed by atoms with E-state index in [1.54, 1.807) is 0 Å². The highest BCUT2D eigenvalue weighted by molar-refractivity contribution is 7.84. The predicted octanol–water partition coefficient (Wildman–Crippen LogP) is 4.22. The summed E-state index contributed by atoms with van der Waals surface area (Å²) in [6.07, 6.45) is 13.5. The van der Waals surface area contributed by atoms with Crippen molar-refractivity contribution in [2.24, 2.45) is 0 Å². The lowest BCUT2D eigenvalue weighted by Gasteiger charge is -2.08. The zero-order chi connectivity index (χ0) is 14.3. The third kappa shape index (κ3) is 16.1. The van der Waals surface area contributed by atoms with Crippen LogP contribution in [0.1, 0.15) is 71.1 Å². The Bertz CT molecular complexity index is 207. The average molecular weight is 290 g/mol. The van der Waals surface area contributed by atoms with Crippen molar-refractivity contribution < 1.29 is 4.21 Å². The molecule has 0 amide bonds. The van der Waals surface area contributed by atoms with E-state index in [0.717, 1.165) is 24.5 Å². The van der Waals surface area contributed by atoms with Crippen LogP contribution in [0.15, 0.2) is 0 Å². The van der Waals surface area contributed by atoms with Gasteiger partial charge in [0.05, 0.1) is 0 Å². The van der Waals surface area contributed by atoms with Crippen molar-refractivity contribution >= 4 is 10.8 Å². The summed E-state index contributed by atoms with van der Waals surface area (Å²) < 4.78 is 11.7. The summed E-state index contributed by atoms with van der Waals surface area (Å²) in [6.45, 7) is 3.22. The standard InChI is InChI=1S/C16H35NOS/c1-4-5-6-7-8-9-10-11-12-13-15-19(18)16-14-17(2)3/h4-16H2,1-3H3. The third-order valence-electron chi connectivity index (χ3n) is 3.49. The van der Waals surface area contributed by atoms with Gasteiger partial charge in [-0.2, -0.15) is 0 Å². The maximum atomic E-state index is 11.7. The van der Waals surface area contributed by atoms with Crippen molar-refractivity contribution in [1.29, 1.82) is 0 Å². The van der Waals surface area contributed by atoms with E-state index in [0.29, 0.717) is 0 Å². The molecule has 0 spiro atoms. The predicted molar refractivity (Wildman–Crippen MR) is 88.3 cm³/mol. The molecule has 1 unspecified atom stereocenters. The Kier molecular flexibility index (Phi) is 14.6. The molecule has 0 fully saturated rings. The number of unbranched alkanes of at least 4 members (excludes halogenated alkanes) is 9. The van der Waals surface area contributed by atoms with E-state index in [4.69, 9.17) is 0 Å². The molecule has 116 valence electrons. The van der Waals surface area contributed by atoms with Gasteiger partial charge in [0, 0.05) is 28.9 Å². The van der Waals surface area contributed by atoms with Gasteiger partial charge in [0.2, 0.25) is 0 Å².